The average Bonchev–Trinajstić information content (AvgIpc) is 2.89. The minimum Gasteiger partial charge on any atom is -0.341 e. The van der Waals surface area contributed by atoms with Crippen molar-refractivity contribution in [3.05, 3.63) is 53.1 Å². The molecule has 74 valence electrons. The molecule has 0 saturated heterocycles. The molecule has 3 rings (SSSR count). The van der Waals surface area contributed by atoms with Crippen LogP contribution in [0.3, 0.4) is 0 Å². The predicted octanol–water partition coefficient (Wildman–Crippen LogP) is 3.15. The fourth-order valence-electron chi connectivity index (χ4n) is 1.77. The van der Waals surface area contributed by atoms with Crippen molar-refractivity contribution < 1.29 is 0 Å². The largest absolute Gasteiger partial charge is 0.341 e. The van der Waals surface area contributed by atoms with E-state index in [4.69, 9.17) is 0 Å². The SMILES string of the molecule is c1ccc2c(c1)ccn2Cc1cscn1. The van der Waals surface area contributed by atoms with Gasteiger partial charge in [-0.25, -0.2) is 4.98 Å². The zero-order valence-corrected chi connectivity index (χ0v) is 8.95. The topological polar surface area (TPSA) is 17.8 Å². The zero-order chi connectivity index (χ0) is 10.1. The van der Waals surface area contributed by atoms with Crippen LogP contribution in [-0.4, -0.2) is 9.55 Å². The van der Waals surface area contributed by atoms with E-state index in [0.29, 0.717) is 0 Å². The Labute approximate surface area is 91.8 Å². The molecule has 0 N–H and O–H groups in total. The molecule has 0 bridgehead atoms. The first-order valence-electron chi connectivity index (χ1n) is 4.84. The molecule has 0 aliphatic carbocycles. The molecule has 0 aliphatic rings. The lowest BCUT2D eigenvalue weighted by Crippen LogP contribution is -1.97. The lowest BCUT2D eigenvalue weighted by Gasteiger charge is -2.01. The van der Waals surface area contributed by atoms with Gasteiger partial charge in [0.2, 0.25) is 0 Å². The Balaban J connectivity index is 2.05. The molecule has 0 saturated carbocycles. The van der Waals surface area contributed by atoms with Crippen molar-refractivity contribution in [2.75, 3.05) is 0 Å². The van der Waals surface area contributed by atoms with E-state index in [2.05, 4.69) is 51.5 Å². The van der Waals surface area contributed by atoms with Crippen molar-refractivity contribution in [2.24, 2.45) is 0 Å². The molecular formula is C12H10N2S. The Kier molecular flexibility index (Phi) is 2.03. The molecule has 2 heterocycles. The number of hydrogen-bond acceptors (Lipinski definition) is 2. The summed E-state index contributed by atoms with van der Waals surface area (Å²) in [5, 5.41) is 3.38. The first-order chi connectivity index (χ1) is 7.43. The highest BCUT2D eigenvalue weighted by Crippen LogP contribution is 2.16. The summed E-state index contributed by atoms with van der Waals surface area (Å²) < 4.78 is 2.23. The summed E-state index contributed by atoms with van der Waals surface area (Å²) in [5.41, 5.74) is 4.27. The van der Waals surface area contributed by atoms with Gasteiger partial charge in [-0.3, -0.25) is 0 Å². The molecule has 15 heavy (non-hydrogen) atoms. The number of aromatic nitrogens is 2. The van der Waals surface area contributed by atoms with Gasteiger partial charge in [0.1, 0.15) is 0 Å². The summed E-state index contributed by atoms with van der Waals surface area (Å²) in [7, 11) is 0. The minimum atomic E-state index is 0.858. The van der Waals surface area contributed by atoms with Crippen molar-refractivity contribution >= 4 is 22.2 Å². The van der Waals surface area contributed by atoms with E-state index >= 15 is 0 Å². The summed E-state index contributed by atoms with van der Waals surface area (Å²) in [5.74, 6) is 0. The van der Waals surface area contributed by atoms with Crippen LogP contribution in [0, 0.1) is 0 Å². The smallest absolute Gasteiger partial charge is 0.0795 e. The van der Waals surface area contributed by atoms with Crippen molar-refractivity contribution in [3.8, 4) is 0 Å². The molecule has 2 aromatic heterocycles. The summed E-state index contributed by atoms with van der Waals surface area (Å²) in [6.45, 7) is 0.858. The van der Waals surface area contributed by atoms with Crippen LogP contribution in [-0.2, 0) is 6.54 Å². The summed E-state index contributed by atoms with van der Waals surface area (Å²) in [6.07, 6.45) is 2.12. The Morgan fingerprint density at radius 2 is 2.13 bits per heavy atom. The van der Waals surface area contributed by atoms with E-state index in [1.54, 1.807) is 11.3 Å². The highest BCUT2D eigenvalue weighted by atomic mass is 32.1. The van der Waals surface area contributed by atoms with Gasteiger partial charge >= 0.3 is 0 Å². The van der Waals surface area contributed by atoms with E-state index in [1.165, 1.54) is 10.9 Å². The quantitative estimate of drug-likeness (QED) is 0.640. The van der Waals surface area contributed by atoms with Gasteiger partial charge in [-0.15, -0.1) is 11.3 Å². The van der Waals surface area contributed by atoms with Crippen molar-refractivity contribution in [2.45, 2.75) is 6.54 Å². The highest BCUT2D eigenvalue weighted by Gasteiger charge is 2.01. The van der Waals surface area contributed by atoms with Crippen LogP contribution in [0.25, 0.3) is 10.9 Å². The second kappa shape index (κ2) is 3.51. The zero-order valence-electron chi connectivity index (χ0n) is 8.13. The van der Waals surface area contributed by atoms with Gasteiger partial charge in [-0.2, -0.15) is 0 Å². The minimum absolute atomic E-state index is 0.858. The van der Waals surface area contributed by atoms with Gasteiger partial charge in [0, 0.05) is 17.1 Å². The molecule has 0 radical (unpaired) electrons. The van der Waals surface area contributed by atoms with Crippen molar-refractivity contribution in [1.82, 2.24) is 9.55 Å². The van der Waals surface area contributed by atoms with Crippen LogP contribution in [0.2, 0.25) is 0 Å². The molecule has 3 aromatic rings. The Bertz CT molecular complexity index is 566. The van der Waals surface area contributed by atoms with Gasteiger partial charge in [-0.05, 0) is 17.5 Å². The first-order valence-corrected chi connectivity index (χ1v) is 5.79. The first kappa shape index (κ1) is 8.68. The van der Waals surface area contributed by atoms with Gasteiger partial charge in [-0.1, -0.05) is 18.2 Å². The standard InChI is InChI=1S/C12H10N2S/c1-2-4-12-10(3-1)5-6-14(12)7-11-8-15-9-13-11/h1-6,8-9H,7H2. The lowest BCUT2D eigenvalue weighted by atomic mass is 10.2. The fourth-order valence-corrected chi connectivity index (χ4v) is 2.32. The molecule has 0 unspecified atom stereocenters. The monoisotopic (exact) mass is 214 g/mol. The number of rotatable bonds is 2. The Morgan fingerprint density at radius 3 is 3.00 bits per heavy atom. The van der Waals surface area contributed by atoms with Crippen LogP contribution in [0.4, 0.5) is 0 Å². The predicted molar refractivity (Wildman–Crippen MR) is 63.2 cm³/mol. The van der Waals surface area contributed by atoms with E-state index in [9.17, 15) is 0 Å². The highest BCUT2D eigenvalue weighted by molar-refractivity contribution is 7.07. The average molecular weight is 214 g/mol. The number of thiazole rings is 1. The van der Waals surface area contributed by atoms with Gasteiger partial charge < -0.3 is 4.57 Å². The van der Waals surface area contributed by atoms with E-state index in [-0.39, 0.29) is 0 Å². The molecule has 1 aromatic carbocycles. The lowest BCUT2D eigenvalue weighted by molar-refractivity contribution is 0.814. The number of fused-ring (bicyclic) bond motifs is 1. The summed E-state index contributed by atoms with van der Waals surface area (Å²) in [6, 6.07) is 10.5. The summed E-state index contributed by atoms with van der Waals surface area (Å²) in [4.78, 5) is 4.30. The molecule has 0 atom stereocenters. The van der Waals surface area contributed by atoms with E-state index in [0.717, 1.165) is 12.2 Å². The van der Waals surface area contributed by atoms with Crippen LogP contribution in [0.1, 0.15) is 5.69 Å². The third-order valence-electron chi connectivity index (χ3n) is 2.50. The second-order valence-electron chi connectivity index (χ2n) is 3.48. The Morgan fingerprint density at radius 1 is 1.20 bits per heavy atom. The third kappa shape index (κ3) is 1.55. The van der Waals surface area contributed by atoms with Crippen molar-refractivity contribution in [1.29, 1.82) is 0 Å². The van der Waals surface area contributed by atoms with Gasteiger partial charge in [0.25, 0.3) is 0 Å². The number of hydrogen-bond donors (Lipinski definition) is 0. The molecule has 0 aliphatic heterocycles. The number of nitrogens with zero attached hydrogens (tertiary/aromatic N) is 2. The second-order valence-corrected chi connectivity index (χ2v) is 4.20. The van der Waals surface area contributed by atoms with Gasteiger partial charge in [0.05, 0.1) is 17.7 Å². The van der Waals surface area contributed by atoms with Crippen LogP contribution in [0.15, 0.2) is 47.4 Å². The summed E-state index contributed by atoms with van der Waals surface area (Å²) >= 11 is 1.64. The number of benzene rings is 1. The third-order valence-corrected chi connectivity index (χ3v) is 3.13. The molecule has 3 heteroatoms. The molecular weight excluding hydrogens is 204 g/mol. The van der Waals surface area contributed by atoms with E-state index in [1.807, 2.05) is 5.51 Å². The van der Waals surface area contributed by atoms with Crippen LogP contribution in [0.5, 0.6) is 0 Å². The normalized spacial score (nSPS) is 10.9. The molecule has 0 amide bonds. The fraction of sp³-hybridized carbons (Fsp3) is 0.0833. The molecule has 2 nitrogen and oxygen atoms in total. The molecule has 0 fully saturated rings. The van der Waals surface area contributed by atoms with E-state index < -0.39 is 0 Å². The maximum absolute atomic E-state index is 4.30. The maximum atomic E-state index is 4.30. The van der Waals surface area contributed by atoms with Gasteiger partial charge in [0.15, 0.2) is 0 Å². The van der Waals surface area contributed by atoms with Crippen LogP contribution < -0.4 is 0 Å². The Hall–Kier alpha value is -1.61. The van der Waals surface area contributed by atoms with Crippen LogP contribution >= 0.6 is 11.3 Å². The van der Waals surface area contributed by atoms with Crippen molar-refractivity contribution in [3.63, 3.8) is 0 Å². The number of para-hydroxylation sites is 1. The molecule has 0 spiro atoms. The maximum Gasteiger partial charge on any atom is 0.0795 e.